The summed E-state index contributed by atoms with van der Waals surface area (Å²) in [5.41, 5.74) is 7.19. The number of benzene rings is 1. The van der Waals surface area contributed by atoms with Crippen molar-refractivity contribution in [3.8, 4) is 11.1 Å². The second-order valence-corrected chi connectivity index (χ2v) is 8.00. The third-order valence-electron chi connectivity index (χ3n) is 5.64. The fourth-order valence-electron chi connectivity index (χ4n) is 4.07. The maximum Gasteiger partial charge on any atom is 0.227 e. The highest BCUT2D eigenvalue weighted by Gasteiger charge is 2.22. The molecule has 0 unspecified atom stereocenters. The number of hydrogen-bond acceptors (Lipinski definition) is 4. The molecule has 0 fully saturated rings. The number of fused-ring (bicyclic) bond motifs is 2. The predicted molar refractivity (Wildman–Crippen MR) is 116 cm³/mol. The Labute approximate surface area is 175 Å². The van der Waals surface area contributed by atoms with E-state index in [2.05, 4.69) is 41.3 Å². The molecule has 0 spiro atoms. The summed E-state index contributed by atoms with van der Waals surface area (Å²) in [7, 11) is 1.90. The topological polar surface area (TPSA) is 63.9 Å². The molecule has 0 saturated heterocycles. The van der Waals surface area contributed by atoms with Gasteiger partial charge in [-0.2, -0.15) is 5.10 Å². The lowest BCUT2D eigenvalue weighted by Crippen LogP contribution is -2.37. The van der Waals surface area contributed by atoms with Gasteiger partial charge in [0.25, 0.3) is 0 Å². The number of aromatic nitrogens is 4. The van der Waals surface area contributed by atoms with E-state index in [1.165, 1.54) is 5.56 Å². The summed E-state index contributed by atoms with van der Waals surface area (Å²) in [6.07, 6.45) is 6.85. The van der Waals surface area contributed by atoms with Gasteiger partial charge in [-0.1, -0.05) is 29.8 Å². The van der Waals surface area contributed by atoms with Gasteiger partial charge in [0.1, 0.15) is 0 Å². The molecule has 0 saturated carbocycles. The smallest absolute Gasteiger partial charge is 0.227 e. The van der Waals surface area contributed by atoms with E-state index in [1.807, 2.05) is 42.7 Å². The van der Waals surface area contributed by atoms with Crippen LogP contribution < -0.4 is 0 Å². The number of pyridine rings is 2. The zero-order chi connectivity index (χ0) is 20.7. The molecule has 3 aromatic heterocycles. The lowest BCUT2D eigenvalue weighted by atomic mass is 10.0. The van der Waals surface area contributed by atoms with E-state index in [4.69, 9.17) is 4.98 Å². The molecule has 1 aliphatic heterocycles. The monoisotopic (exact) mass is 397 g/mol. The number of nitrogens with zero attached hydrogens (tertiary/aromatic N) is 5. The molecule has 0 atom stereocenters. The second-order valence-electron chi connectivity index (χ2n) is 8.00. The van der Waals surface area contributed by atoms with Gasteiger partial charge in [0.15, 0.2) is 5.65 Å². The molecule has 0 bridgehead atoms. The highest BCUT2D eigenvalue weighted by atomic mass is 16.2. The summed E-state index contributed by atoms with van der Waals surface area (Å²) in [4.78, 5) is 24.2. The fraction of sp³-hybridized carbons (Fsp3) is 0.250. The van der Waals surface area contributed by atoms with Crippen LogP contribution in [0.2, 0.25) is 0 Å². The van der Waals surface area contributed by atoms with Crippen molar-refractivity contribution in [1.29, 1.82) is 0 Å². The Morgan fingerprint density at radius 3 is 2.83 bits per heavy atom. The van der Waals surface area contributed by atoms with Crippen LogP contribution in [0.4, 0.5) is 0 Å². The molecule has 0 aliphatic carbocycles. The van der Waals surface area contributed by atoms with Crippen LogP contribution in [-0.2, 0) is 31.2 Å². The number of rotatable bonds is 3. The maximum absolute atomic E-state index is 12.9. The Morgan fingerprint density at radius 1 is 1.13 bits per heavy atom. The van der Waals surface area contributed by atoms with Crippen LogP contribution in [0.15, 0.2) is 55.0 Å². The Kier molecular flexibility index (Phi) is 4.54. The zero-order valence-electron chi connectivity index (χ0n) is 17.2. The summed E-state index contributed by atoms with van der Waals surface area (Å²) >= 11 is 0. The van der Waals surface area contributed by atoms with E-state index in [-0.39, 0.29) is 5.91 Å². The summed E-state index contributed by atoms with van der Waals surface area (Å²) < 4.78 is 1.78. The first-order valence-electron chi connectivity index (χ1n) is 10.2. The first-order valence-corrected chi connectivity index (χ1v) is 10.2. The van der Waals surface area contributed by atoms with Crippen LogP contribution in [0.3, 0.4) is 0 Å². The minimum Gasteiger partial charge on any atom is -0.338 e. The summed E-state index contributed by atoms with van der Waals surface area (Å²) in [6.45, 7) is 3.35. The summed E-state index contributed by atoms with van der Waals surface area (Å²) in [5.74, 6) is 0.161. The van der Waals surface area contributed by atoms with Crippen molar-refractivity contribution in [2.75, 3.05) is 6.54 Å². The van der Waals surface area contributed by atoms with Crippen molar-refractivity contribution in [3.63, 3.8) is 0 Å². The SMILES string of the molecule is Cc1cccc(CC(=O)N2CCc3nc4ncc(-c5cnn(C)c5)cc4cc3C2)c1. The quantitative estimate of drug-likeness (QED) is 0.531. The molecule has 6 heteroatoms. The summed E-state index contributed by atoms with van der Waals surface area (Å²) in [5, 5.41) is 5.23. The average molecular weight is 397 g/mol. The minimum absolute atomic E-state index is 0.161. The highest BCUT2D eigenvalue weighted by Crippen LogP contribution is 2.26. The van der Waals surface area contributed by atoms with Crippen molar-refractivity contribution >= 4 is 16.9 Å². The number of amides is 1. The van der Waals surface area contributed by atoms with Crippen LogP contribution in [-0.4, -0.2) is 37.1 Å². The molecule has 6 nitrogen and oxygen atoms in total. The molecule has 150 valence electrons. The molecule has 0 radical (unpaired) electrons. The zero-order valence-corrected chi connectivity index (χ0v) is 17.2. The van der Waals surface area contributed by atoms with Crippen molar-refractivity contribution in [1.82, 2.24) is 24.6 Å². The molecule has 0 N–H and O–H groups in total. The standard InChI is InChI=1S/C24H23N5O/c1-16-4-3-5-17(8-16)9-23(30)29-7-6-22-20(15-29)11-18-10-19(12-25-24(18)27-22)21-13-26-28(2)14-21/h3-5,8,10-14H,6-7,9,15H2,1-2H3. The van der Waals surface area contributed by atoms with Crippen LogP contribution in [0.25, 0.3) is 22.2 Å². The first-order chi connectivity index (χ1) is 14.5. The molecular formula is C24H23N5O. The van der Waals surface area contributed by atoms with E-state index in [9.17, 15) is 4.79 Å². The third kappa shape index (κ3) is 3.56. The molecule has 1 aromatic carbocycles. The van der Waals surface area contributed by atoms with Crippen LogP contribution >= 0.6 is 0 Å². The van der Waals surface area contributed by atoms with Gasteiger partial charge >= 0.3 is 0 Å². The Bertz CT molecular complexity index is 1260. The fourth-order valence-corrected chi connectivity index (χ4v) is 4.07. The highest BCUT2D eigenvalue weighted by molar-refractivity contribution is 5.82. The van der Waals surface area contributed by atoms with Gasteiger partial charge in [0.05, 0.1) is 12.6 Å². The van der Waals surface area contributed by atoms with Gasteiger partial charge in [-0.25, -0.2) is 9.97 Å². The van der Waals surface area contributed by atoms with E-state index < -0.39 is 0 Å². The lowest BCUT2D eigenvalue weighted by molar-refractivity contribution is -0.131. The largest absolute Gasteiger partial charge is 0.338 e. The predicted octanol–water partition coefficient (Wildman–Crippen LogP) is 3.47. The first kappa shape index (κ1) is 18.5. The van der Waals surface area contributed by atoms with Crippen LogP contribution in [0.1, 0.15) is 22.4 Å². The Hall–Kier alpha value is -3.54. The van der Waals surface area contributed by atoms with E-state index in [0.29, 0.717) is 19.5 Å². The lowest BCUT2D eigenvalue weighted by Gasteiger charge is -2.28. The number of hydrogen-bond donors (Lipinski definition) is 0. The average Bonchev–Trinajstić information content (AvgIpc) is 3.17. The summed E-state index contributed by atoms with van der Waals surface area (Å²) in [6, 6.07) is 12.4. The van der Waals surface area contributed by atoms with Crippen molar-refractivity contribution in [2.45, 2.75) is 26.3 Å². The molecule has 1 amide bonds. The molecule has 1 aliphatic rings. The molecular weight excluding hydrogens is 374 g/mol. The molecule has 30 heavy (non-hydrogen) atoms. The molecule has 5 rings (SSSR count). The van der Waals surface area contributed by atoms with E-state index in [0.717, 1.165) is 45.4 Å². The minimum atomic E-state index is 0.161. The Morgan fingerprint density at radius 2 is 2.03 bits per heavy atom. The van der Waals surface area contributed by atoms with Crippen molar-refractivity contribution in [3.05, 3.63) is 77.4 Å². The van der Waals surface area contributed by atoms with Gasteiger partial charge in [-0.3, -0.25) is 9.48 Å². The second kappa shape index (κ2) is 7.37. The van der Waals surface area contributed by atoms with E-state index in [1.54, 1.807) is 4.68 Å². The molecule has 4 aromatic rings. The Balaban J connectivity index is 1.40. The van der Waals surface area contributed by atoms with Crippen molar-refractivity contribution in [2.24, 2.45) is 7.05 Å². The third-order valence-corrected chi connectivity index (χ3v) is 5.64. The van der Waals surface area contributed by atoms with Gasteiger partial charge < -0.3 is 4.90 Å². The number of aryl methyl sites for hydroxylation is 2. The van der Waals surface area contributed by atoms with Gasteiger partial charge in [0.2, 0.25) is 5.91 Å². The normalized spacial score (nSPS) is 13.5. The molecule has 4 heterocycles. The number of carbonyl (C=O) groups excluding carboxylic acids is 1. The van der Waals surface area contributed by atoms with Crippen molar-refractivity contribution < 1.29 is 4.79 Å². The van der Waals surface area contributed by atoms with Gasteiger partial charge in [0, 0.05) is 61.2 Å². The van der Waals surface area contributed by atoms with Crippen LogP contribution in [0, 0.1) is 6.92 Å². The van der Waals surface area contributed by atoms with E-state index >= 15 is 0 Å². The maximum atomic E-state index is 12.9. The van der Waals surface area contributed by atoms with Gasteiger partial charge in [-0.15, -0.1) is 0 Å². The number of carbonyl (C=O) groups is 1. The van der Waals surface area contributed by atoms with Crippen LogP contribution in [0.5, 0.6) is 0 Å². The van der Waals surface area contributed by atoms with Gasteiger partial charge in [-0.05, 0) is 30.2 Å².